The third-order valence-electron chi connectivity index (χ3n) is 0.733. The van der Waals surface area contributed by atoms with Crippen LogP contribution in [0.15, 0.2) is 0 Å². The number of hydrogen-bond donors (Lipinski definition) is 0. The fraction of sp³-hybridized carbons (Fsp3) is 1.00. The number of morpholine rings is 1. The van der Waals surface area contributed by atoms with Crippen molar-refractivity contribution in [3.63, 3.8) is 0 Å². The van der Waals surface area contributed by atoms with E-state index in [1.54, 1.807) is 0 Å². The molecule has 0 unspecified atom stereocenters. The van der Waals surface area contributed by atoms with Crippen LogP contribution in [0.25, 0.3) is 0 Å². The maximum Gasteiger partial charge on any atom is 0.0594 e. The minimum atomic E-state index is -3.20. The number of rotatable bonds is 2. The van der Waals surface area contributed by atoms with E-state index in [4.69, 9.17) is 13.7 Å². The van der Waals surface area contributed by atoms with Crippen LogP contribution >= 0.6 is 0 Å². The molecule has 1 fully saturated rings. The van der Waals surface area contributed by atoms with Crippen LogP contribution in [0.2, 0.25) is 0 Å². The molecular formula is C7H15NO. The normalized spacial score (nSPS) is 62.8. The van der Waals surface area contributed by atoms with Crippen LogP contribution in [0, 0.1) is 0 Å². The Morgan fingerprint density at radius 3 is 2.89 bits per heavy atom. The molecule has 0 radical (unpaired) electrons. The van der Waals surface area contributed by atoms with Gasteiger partial charge in [-0.25, -0.2) is 0 Å². The quantitative estimate of drug-likeness (QED) is 0.559. The van der Waals surface area contributed by atoms with Gasteiger partial charge in [0.15, 0.2) is 0 Å². The van der Waals surface area contributed by atoms with Crippen molar-refractivity contribution in [3.05, 3.63) is 0 Å². The van der Waals surface area contributed by atoms with Gasteiger partial charge >= 0.3 is 0 Å². The Morgan fingerprint density at radius 2 is 2.33 bits per heavy atom. The molecule has 0 N–H and O–H groups in total. The summed E-state index contributed by atoms with van der Waals surface area (Å²) in [4.78, 5) is -0.0590. The minimum Gasteiger partial charge on any atom is -0.379 e. The monoisotopic (exact) mass is 139 g/mol. The van der Waals surface area contributed by atoms with Gasteiger partial charge in [0.1, 0.15) is 0 Å². The Morgan fingerprint density at radius 1 is 1.67 bits per heavy atom. The molecule has 54 valence electrons. The Hall–Kier alpha value is -0.0800. The highest BCUT2D eigenvalue weighted by atomic mass is 16.5. The van der Waals surface area contributed by atoms with Gasteiger partial charge in [-0.05, 0) is 12.9 Å². The second-order valence-corrected chi connectivity index (χ2v) is 1.38. The number of ether oxygens (including phenoxy) is 1. The summed E-state index contributed by atoms with van der Waals surface area (Å²) in [5, 5.41) is 0. The smallest absolute Gasteiger partial charge is 0.0594 e. The summed E-state index contributed by atoms with van der Waals surface area (Å²) in [6.07, 6.45) is -0.349. The Kier molecular flexibility index (Phi) is 0.669. The average molecular weight is 139 g/mol. The first-order chi connectivity index (χ1) is 8.13. The summed E-state index contributed by atoms with van der Waals surface area (Å²) in [7, 11) is 0. The summed E-state index contributed by atoms with van der Waals surface area (Å²) in [5.41, 5.74) is 0. The second kappa shape index (κ2) is 3.85. The summed E-state index contributed by atoms with van der Waals surface area (Å²) >= 11 is 0. The van der Waals surface area contributed by atoms with Crippen molar-refractivity contribution in [1.82, 2.24) is 4.90 Å². The van der Waals surface area contributed by atoms with Gasteiger partial charge in [0, 0.05) is 21.2 Å². The van der Waals surface area contributed by atoms with Crippen LogP contribution in [0.5, 0.6) is 0 Å². The van der Waals surface area contributed by atoms with Crippen LogP contribution in [0.3, 0.4) is 0 Å². The van der Waals surface area contributed by atoms with Gasteiger partial charge in [0.25, 0.3) is 0 Å². The standard InChI is InChI=1S/C7H15NO/c1-2-3-8-4-6-9-7-5-8/h2-7H2,1H3/i3D2,4D2,5D2,6D2,7D2. The molecule has 1 rings (SSSR count). The molecule has 2 heteroatoms. The summed E-state index contributed by atoms with van der Waals surface area (Å²) in [5.74, 6) is 0. The SMILES string of the molecule is [2H]C([2H])(CC)N1C([2H])([2H])C([2H])([2H])OC([2H])([2H])C1([2H])[2H]. The van der Waals surface area contributed by atoms with E-state index in [1.165, 1.54) is 6.92 Å². The zero-order valence-electron chi connectivity index (χ0n) is 15.1. The predicted molar refractivity (Wildman–Crippen MR) is 37.6 cm³/mol. The van der Waals surface area contributed by atoms with Crippen molar-refractivity contribution < 1.29 is 18.4 Å². The lowest BCUT2D eigenvalue weighted by atomic mass is 10.4. The molecule has 2 nitrogen and oxygen atoms in total. The molecule has 0 amide bonds. The van der Waals surface area contributed by atoms with Crippen molar-refractivity contribution in [2.75, 3.05) is 32.6 Å². The lowest BCUT2D eigenvalue weighted by Gasteiger charge is -2.25. The van der Waals surface area contributed by atoms with Crippen LogP contribution in [-0.2, 0) is 4.74 Å². The fourth-order valence-electron chi connectivity index (χ4n) is 0.428. The van der Waals surface area contributed by atoms with Gasteiger partial charge in [-0.15, -0.1) is 0 Å². The van der Waals surface area contributed by atoms with E-state index in [9.17, 15) is 0 Å². The van der Waals surface area contributed by atoms with E-state index in [-0.39, 0.29) is 11.3 Å². The highest BCUT2D eigenvalue weighted by Gasteiger charge is 2.07. The first-order valence-electron chi connectivity index (χ1n) is 7.64. The van der Waals surface area contributed by atoms with Crippen molar-refractivity contribution in [2.45, 2.75) is 13.3 Å². The summed E-state index contributed by atoms with van der Waals surface area (Å²) < 4.78 is 79.7. The van der Waals surface area contributed by atoms with E-state index in [2.05, 4.69) is 4.74 Å². The molecule has 9 heavy (non-hydrogen) atoms. The van der Waals surface area contributed by atoms with Gasteiger partial charge in [-0.2, -0.15) is 0 Å². The molecular weight excluding hydrogens is 114 g/mol. The zero-order chi connectivity index (χ0) is 15.5. The van der Waals surface area contributed by atoms with Crippen molar-refractivity contribution >= 4 is 0 Å². The van der Waals surface area contributed by atoms with Crippen LogP contribution in [-0.4, -0.2) is 37.5 Å². The molecule has 0 aromatic heterocycles. The average Bonchev–Trinajstić information content (AvgIpc) is 2.12. The third kappa shape index (κ3) is 2.33. The Balaban J connectivity index is 3.51. The van der Waals surface area contributed by atoms with E-state index >= 15 is 0 Å². The molecule has 1 heterocycles. The largest absolute Gasteiger partial charge is 0.379 e. The third-order valence-corrected chi connectivity index (χ3v) is 0.733. The van der Waals surface area contributed by atoms with E-state index in [0.29, 0.717) is 0 Å². The molecule has 1 saturated heterocycles. The van der Waals surface area contributed by atoms with Crippen LogP contribution in [0.4, 0.5) is 0 Å². The highest BCUT2D eigenvalue weighted by molar-refractivity contribution is 4.59. The predicted octanol–water partition coefficient (Wildman–Crippen LogP) is 0.729. The van der Waals surface area contributed by atoms with Crippen molar-refractivity contribution in [2.24, 2.45) is 0 Å². The van der Waals surface area contributed by atoms with Gasteiger partial charge < -0.3 is 4.74 Å². The molecule has 1 aliphatic heterocycles. The molecule has 0 saturated carbocycles. The van der Waals surface area contributed by atoms with E-state index < -0.39 is 32.6 Å². The molecule has 0 aliphatic carbocycles. The maximum atomic E-state index is 7.66. The maximum absolute atomic E-state index is 7.66. The fourth-order valence-corrected chi connectivity index (χ4v) is 0.428. The summed E-state index contributed by atoms with van der Waals surface area (Å²) in [6.45, 7) is -14.0. The van der Waals surface area contributed by atoms with Gasteiger partial charge in [0.05, 0.1) is 18.6 Å². The highest BCUT2D eigenvalue weighted by Crippen LogP contribution is 1.96. The first kappa shape index (κ1) is 1.56. The molecule has 0 spiro atoms. The minimum absolute atomic E-state index is 0.0590. The molecule has 0 aromatic rings. The topological polar surface area (TPSA) is 12.5 Å². The van der Waals surface area contributed by atoms with Crippen LogP contribution in [0.1, 0.15) is 27.1 Å². The lowest BCUT2D eigenvalue weighted by molar-refractivity contribution is 0.0380. The lowest BCUT2D eigenvalue weighted by Crippen LogP contribution is -2.36. The van der Waals surface area contributed by atoms with Crippen molar-refractivity contribution in [1.29, 1.82) is 0 Å². The van der Waals surface area contributed by atoms with Gasteiger partial charge in [-0.1, -0.05) is 6.92 Å². The number of hydrogen-bond acceptors (Lipinski definition) is 2. The summed E-state index contributed by atoms with van der Waals surface area (Å²) in [6, 6.07) is 0. The molecule has 0 atom stereocenters. The van der Waals surface area contributed by atoms with Crippen LogP contribution < -0.4 is 0 Å². The molecule has 0 aromatic carbocycles. The number of nitrogens with zero attached hydrogens (tertiary/aromatic N) is 1. The Labute approximate surface area is 70.8 Å². The van der Waals surface area contributed by atoms with E-state index in [0.717, 1.165) is 0 Å². The van der Waals surface area contributed by atoms with Crippen molar-refractivity contribution in [3.8, 4) is 0 Å². The first-order valence-corrected chi connectivity index (χ1v) is 2.64. The van der Waals surface area contributed by atoms with Gasteiger partial charge in [-0.3, -0.25) is 4.90 Å². The van der Waals surface area contributed by atoms with Gasteiger partial charge in [0.2, 0.25) is 0 Å². The zero-order valence-corrected chi connectivity index (χ0v) is 5.06. The molecule has 1 aliphatic rings. The molecule has 0 bridgehead atoms. The van der Waals surface area contributed by atoms with E-state index in [1.807, 2.05) is 0 Å². The Bertz CT molecular complexity index is 341. The second-order valence-electron chi connectivity index (χ2n) is 1.38.